The van der Waals surface area contributed by atoms with Crippen molar-refractivity contribution < 1.29 is 0 Å². The maximum absolute atomic E-state index is 3.89. The van der Waals surface area contributed by atoms with E-state index in [1.807, 2.05) is 0 Å². The van der Waals surface area contributed by atoms with E-state index in [2.05, 4.69) is 65.6 Å². The van der Waals surface area contributed by atoms with Gasteiger partial charge in [-0.1, -0.05) is 59.0 Å². The molecule has 1 aromatic rings. The van der Waals surface area contributed by atoms with Crippen molar-refractivity contribution in [3.63, 3.8) is 0 Å². The zero-order valence-electron chi connectivity index (χ0n) is 7.75. The summed E-state index contributed by atoms with van der Waals surface area (Å²) in [6.07, 6.45) is 4.55. The third kappa shape index (κ3) is 3.51. The maximum Gasteiger partial charge on any atom is 0.00155 e. The Balaban J connectivity index is 2.61. The molecule has 0 aromatic heterocycles. The van der Waals surface area contributed by atoms with Crippen molar-refractivity contribution >= 4 is 22.6 Å². The Morgan fingerprint density at radius 1 is 1.31 bits per heavy atom. The summed E-state index contributed by atoms with van der Waals surface area (Å²) in [5, 5.41) is 0. The smallest absolute Gasteiger partial charge is 0.00155 e. The molecule has 0 bridgehead atoms. The molecule has 0 nitrogen and oxygen atoms in total. The largest absolute Gasteiger partial charge is 0.102 e. The van der Waals surface area contributed by atoms with Gasteiger partial charge in [-0.25, -0.2) is 0 Å². The molecule has 0 aliphatic heterocycles. The summed E-state index contributed by atoms with van der Waals surface area (Å²) in [4.78, 5) is 0. The van der Waals surface area contributed by atoms with Gasteiger partial charge in [-0.3, -0.25) is 0 Å². The highest BCUT2D eigenvalue weighted by Gasteiger charge is 2.05. The minimum atomic E-state index is 0.538. The number of allylic oxidation sites excluding steroid dienone is 1. The first-order chi connectivity index (χ1) is 6.38. The van der Waals surface area contributed by atoms with Crippen molar-refractivity contribution in [3.8, 4) is 0 Å². The fourth-order valence-electron chi connectivity index (χ4n) is 1.42. The number of halogens is 1. The number of benzene rings is 1. The van der Waals surface area contributed by atoms with Gasteiger partial charge in [0.15, 0.2) is 0 Å². The van der Waals surface area contributed by atoms with E-state index in [0.717, 1.165) is 0 Å². The van der Waals surface area contributed by atoms with Gasteiger partial charge in [0.1, 0.15) is 0 Å². The quantitative estimate of drug-likeness (QED) is 0.433. The first-order valence-corrected chi connectivity index (χ1v) is 6.14. The highest BCUT2D eigenvalue weighted by molar-refractivity contribution is 14.1. The van der Waals surface area contributed by atoms with E-state index in [9.17, 15) is 0 Å². The summed E-state index contributed by atoms with van der Waals surface area (Å²) in [6.45, 7) is 3.89. The Bertz CT molecular complexity index is 241. The molecule has 0 amide bonds. The summed E-state index contributed by atoms with van der Waals surface area (Å²) in [7, 11) is 0. The van der Waals surface area contributed by atoms with E-state index < -0.39 is 0 Å². The van der Waals surface area contributed by atoms with E-state index in [1.54, 1.807) is 0 Å². The maximum atomic E-state index is 3.89. The predicted molar refractivity (Wildman–Crippen MR) is 67.5 cm³/mol. The Morgan fingerprint density at radius 2 is 2.00 bits per heavy atom. The Labute approximate surface area is 94.2 Å². The number of alkyl halides is 1. The van der Waals surface area contributed by atoms with E-state index >= 15 is 0 Å². The predicted octanol–water partition coefficient (Wildman–Crippen LogP) is 4.17. The van der Waals surface area contributed by atoms with Gasteiger partial charge in [0.2, 0.25) is 0 Å². The van der Waals surface area contributed by atoms with Crippen molar-refractivity contribution in [1.29, 1.82) is 0 Å². The minimum absolute atomic E-state index is 0.538. The molecule has 0 saturated carbocycles. The molecule has 1 atom stereocenters. The average molecular weight is 286 g/mol. The second-order valence-electron chi connectivity index (χ2n) is 3.08. The zero-order valence-corrected chi connectivity index (χ0v) is 9.91. The van der Waals surface area contributed by atoms with Gasteiger partial charge in [0, 0.05) is 5.92 Å². The van der Waals surface area contributed by atoms with Gasteiger partial charge in [0.05, 0.1) is 0 Å². The lowest BCUT2D eigenvalue weighted by Crippen LogP contribution is -1.94. The molecule has 13 heavy (non-hydrogen) atoms. The monoisotopic (exact) mass is 286 g/mol. The summed E-state index contributed by atoms with van der Waals surface area (Å²) >= 11 is 2.42. The van der Waals surface area contributed by atoms with Crippen LogP contribution in [0.3, 0.4) is 0 Å². The van der Waals surface area contributed by atoms with Crippen LogP contribution in [0.2, 0.25) is 0 Å². The zero-order chi connectivity index (χ0) is 9.52. The summed E-state index contributed by atoms with van der Waals surface area (Å²) < 4.78 is 1.23. The molecule has 0 radical (unpaired) electrons. The highest BCUT2D eigenvalue weighted by Crippen LogP contribution is 2.22. The van der Waals surface area contributed by atoms with Crippen LogP contribution < -0.4 is 0 Å². The van der Waals surface area contributed by atoms with E-state index in [-0.39, 0.29) is 0 Å². The van der Waals surface area contributed by atoms with Gasteiger partial charge in [-0.15, -0.1) is 6.58 Å². The van der Waals surface area contributed by atoms with E-state index in [1.165, 1.54) is 22.8 Å². The summed E-state index contributed by atoms with van der Waals surface area (Å²) in [6, 6.07) is 10.6. The molecule has 1 aromatic carbocycles. The minimum Gasteiger partial charge on any atom is -0.102 e. The van der Waals surface area contributed by atoms with Gasteiger partial charge >= 0.3 is 0 Å². The molecule has 0 aliphatic rings. The average Bonchev–Trinajstić information content (AvgIpc) is 2.21. The number of hydrogen-bond acceptors (Lipinski definition) is 0. The third-order valence-corrected chi connectivity index (χ3v) is 2.92. The molecule has 1 unspecified atom stereocenters. The van der Waals surface area contributed by atoms with Crippen molar-refractivity contribution in [2.45, 2.75) is 18.8 Å². The van der Waals surface area contributed by atoms with Crippen LogP contribution in [-0.2, 0) is 0 Å². The van der Waals surface area contributed by atoms with Crippen LogP contribution in [0.4, 0.5) is 0 Å². The molecule has 1 heteroatoms. The van der Waals surface area contributed by atoms with Crippen LogP contribution in [0.15, 0.2) is 43.0 Å². The van der Waals surface area contributed by atoms with Crippen LogP contribution >= 0.6 is 22.6 Å². The second kappa shape index (κ2) is 6.19. The second-order valence-corrected chi connectivity index (χ2v) is 4.16. The first kappa shape index (κ1) is 10.8. The molecular weight excluding hydrogens is 271 g/mol. The lowest BCUT2D eigenvalue weighted by Gasteiger charge is -2.11. The lowest BCUT2D eigenvalue weighted by molar-refractivity contribution is 0.729. The number of rotatable bonds is 5. The topological polar surface area (TPSA) is 0 Å². The number of hydrogen-bond donors (Lipinski definition) is 0. The van der Waals surface area contributed by atoms with Crippen molar-refractivity contribution in [3.05, 3.63) is 48.6 Å². The first-order valence-electron chi connectivity index (χ1n) is 4.62. The molecule has 0 spiro atoms. The van der Waals surface area contributed by atoms with Crippen molar-refractivity contribution in [1.82, 2.24) is 0 Å². The van der Waals surface area contributed by atoms with E-state index in [4.69, 9.17) is 0 Å². The van der Waals surface area contributed by atoms with Gasteiger partial charge < -0.3 is 0 Å². The SMILES string of the molecule is C=CC(CCCI)c1ccccc1. The van der Waals surface area contributed by atoms with Crippen molar-refractivity contribution in [2.24, 2.45) is 0 Å². The molecule has 1 rings (SSSR count). The lowest BCUT2D eigenvalue weighted by atomic mass is 9.95. The van der Waals surface area contributed by atoms with Crippen LogP contribution in [0, 0.1) is 0 Å². The standard InChI is InChI=1S/C12H15I/c1-2-11(9-6-10-13)12-7-4-3-5-8-12/h2-5,7-8,11H,1,6,9-10H2. The van der Waals surface area contributed by atoms with Crippen LogP contribution in [0.1, 0.15) is 24.3 Å². The third-order valence-electron chi connectivity index (χ3n) is 2.16. The van der Waals surface area contributed by atoms with Crippen molar-refractivity contribution in [2.75, 3.05) is 4.43 Å². The normalized spacial score (nSPS) is 12.4. The van der Waals surface area contributed by atoms with E-state index in [0.29, 0.717) is 5.92 Å². The summed E-state index contributed by atoms with van der Waals surface area (Å²) in [5.74, 6) is 0.538. The molecular formula is C12H15I. The molecule has 0 saturated heterocycles. The Morgan fingerprint density at radius 3 is 2.54 bits per heavy atom. The van der Waals surface area contributed by atoms with Crippen LogP contribution in [0.5, 0.6) is 0 Å². The van der Waals surface area contributed by atoms with Gasteiger partial charge in [-0.2, -0.15) is 0 Å². The fraction of sp³-hybridized carbons (Fsp3) is 0.333. The Hall–Kier alpha value is -0.310. The molecule has 70 valence electrons. The Kier molecular flexibility index (Phi) is 5.13. The highest BCUT2D eigenvalue weighted by atomic mass is 127. The fourth-order valence-corrected chi connectivity index (χ4v) is 1.86. The molecule has 0 aliphatic carbocycles. The molecule has 0 fully saturated rings. The van der Waals surface area contributed by atoms with Gasteiger partial charge in [0.25, 0.3) is 0 Å². The summed E-state index contributed by atoms with van der Waals surface area (Å²) in [5.41, 5.74) is 1.39. The molecule has 0 N–H and O–H groups in total. The van der Waals surface area contributed by atoms with Gasteiger partial charge in [-0.05, 0) is 22.8 Å². The van der Waals surface area contributed by atoms with Crippen LogP contribution in [-0.4, -0.2) is 4.43 Å². The van der Waals surface area contributed by atoms with Crippen LogP contribution in [0.25, 0.3) is 0 Å². The molecule has 0 heterocycles.